The van der Waals surface area contributed by atoms with Crippen LogP contribution >= 0.6 is 22.7 Å². The smallest absolute Gasteiger partial charge is 0.0767 e. The molecule has 2 heterocycles. The summed E-state index contributed by atoms with van der Waals surface area (Å²) in [7, 11) is 0. The van der Waals surface area contributed by atoms with E-state index in [1.165, 1.54) is 20.9 Å². The number of thiophene rings is 2. The van der Waals surface area contributed by atoms with Crippen LogP contribution in [0.3, 0.4) is 0 Å². The van der Waals surface area contributed by atoms with Crippen LogP contribution < -0.4 is 5.32 Å². The largest absolute Gasteiger partial charge is 0.301 e. The van der Waals surface area contributed by atoms with Gasteiger partial charge in [-0.05, 0) is 35.4 Å². The molecule has 0 aliphatic heterocycles. The van der Waals surface area contributed by atoms with Gasteiger partial charge in [0.2, 0.25) is 0 Å². The Balaban J connectivity index is 1.78. The second-order valence-corrected chi connectivity index (χ2v) is 6.79. The molecule has 1 N–H and O–H groups in total. The molecule has 0 unspecified atom stereocenters. The monoisotopic (exact) mass is 299 g/mol. The van der Waals surface area contributed by atoms with Crippen molar-refractivity contribution < 1.29 is 0 Å². The minimum atomic E-state index is 0.301. The highest BCUT2D eigenvalue weighted by atomic mass is 32.1. The fourth-order valence-electron chi connectivity index (χ4n) is 2.29. The predicted molar refractivity (Wildman–Crippen MR) is 88.5 cm³/mol. The molecule has 2 aromatic heterocycles. The minimum Gasteiger partial charge on any atom is -0.301 e. The van der Waals surface area contributed by atoms with Crippen molar-refractivity contribution in [3.8, 4) is 0 Å². The van der Waals surface area contributed by atoms with Crippen LogP contribution in [-0.2, 0) is 6.54 Å². The van der Waals surface area contributed by atoms with Gasteiger partial charge in [0.1, 0.15) is 0 Å². The summed E-state index contributed by atoms with van der Waals surface area (Å²) in [6.07, 6.45) is 0. The van der Waals surface area contributed by atoms with E-state index in [0.29, 0.717) is 6.04 Å². The van der Waals surface area contributed by atoms with Crippen LogP contribution in [-0.4, -0.2) is 0 Å². The number of hydrogen-bond acceptors (Lipinski definition) is 3. The number of benzene rings is 1. The van der Waals surface area contributed by atoms with Crippen LogP contribution in [0.25, 0.3) is 0 Å². The lowest BCUT2D eigenvalue weighted by atomic mass is 10.1. The summed E-state index contributed by atoms with van der Waals surface area (Å²) in [6, 6.07) is 17.6. The first kappa shape index (κ1) is 13.6. The summed E-state index contributed by atoms with van der Waals surface area (Å²) >= 11 is 3.62. The zero-order valence-corrected chi connectivity index (χ0v) is 13.0. The van der Waals surface area contributed by atoms with Crippen molar-refractivity contribution in [1.29, 1.82) is 0 Å². The molecule has 20 heavy (non-hydrogen) atoms. The first-order chi connectivity index (χ1) is 9.83. The van der Waals surface area contributed by atoms with Crippen LogP contribution in [0.15, 0.2) is 59.3 Å². The maximum atomic E-state index is 3.69. The molecule has 3 heteroatoms. The molecular weight excluding hydrogens is 282 g/mol. The van der Waals surface area contributed by atoms with Gasteiger partial charge in [-0.15, -0.1) is 22.7 Å². The average molecular weight is 299 g/mol. The summed E-state index contributed by atoms with van der Waals surface area (Å²) in [5.41, 5.74) is 2.65. The minimum absolute atomic E-state index is 0.301. The van der Waals surface area contributed by atoms with Crippen LogP contribution in [0.2, 0.25) is 0 Å². The first-order valence-corrected chi connectivity index (χ1v) is 8.44. The number of hydrogen-bond donors (Lipinski definition) is 1. The Morgan fingerprint density at radius 1 is 0.950 bits per heavy atom. The summed E-state index contributed by atoms with van der Waals surface area (Å²) in [5.74, 6) is 0. The Kier molecular flexibility index (Phi) is 4.31. The van der Waals surface area contributed by atoms with Gasteiger partial charge in [-0.1, -0.05) is 42.0 Å². The molecule has 0 aliphatic rings. The van der Waals surface area contributed by atoms with Gasteiger partial charge in [-0.2, -0.15) is 0 Å². The Hall–Kier alpha value is -1.42. The molecule has 0 amide bonds. The third-order valence-corrected chi connectivity index (χ3v) is 5.12. The van der Waals surface area contributed by atoms with Crippen LogP contribution in [0.5, 0.6) is 0 Å². The molecule has 1 nitrogen and oxygen atoms in total. The normalized spacial score (nSPS) is 11.1. The number of rotatable bonds is 5. The van der Waals surface area contributed by atoms with Gasteiger partial charge >= 0.3 is 0 Å². The fraction of sp³-hybridized carbons (Fsp3) is 0.176. The maximum absolute atomic E-state index is 3.69. The summed E-state index contributed by atoms with van der Waals surface area (Å²) < 4.78 is 0. The Labute approximate surface area is 127 Å². The highest BCUT2D eigenvalue weighted by Gasteiger charge is 2.15. The molecule has 1 aromatic carbocycles. The van der Waals surface area contributed by atoms with Crippen molar-refractivity contribution in [2.75, 3.05) is 0 Å². The standard InChI is InChI=1S/C17H17NS2/c1-13-5-2-6-14(11-13)12-18-17(15-7-3-9-19-15)16-8-4-10-20-16/h2-11,17-18H,12H2,1H3. The lowest BCUT2D eigenvalue weighted by Gasteiger charge is -2.16. The van der Waals surface area contributed by atoms with E-state index in [2.05, 4.69) is 71.5 Å². The van der Waals surface area contributed by atoms with Crippen molar-refractivity contribution in [3.05, 3.63) is 80.2 Å². The molecular formula is C17H17NS2. The van der Waals surface area contributed by atoms with E-state index in [9.17, 15) is 0 Å². The second-order valence-electron chi connectivity index (χ2n) is 4.83. The van der Waals surface area contributed by atoms with Crippen molar-refractivity contribution in [2.24, 2.45) is 0 Å². The average Bonchev–Trinajstić information content (AvgIpc) is 3.12. The lowest BCUT2D eigenvalue weighted by Crippen LogP contribution is -2.20. The van der Waals surface area contributed by atoms with E-state index in [1.807, 2.05) is 22.7 Å². The van der Waals surface area contributed by atoms with E-state index < -0.39 is 0 Å². The van der Waals surface area contributed by atoms with E-state index in [0.717, 1.165) is 6.54 Å². The van der Waals surface area contributed by atoms with Gasteiger partial charge in [-0.3, -0.25) is 0 Å². The van der Waals surface area contributed by atoms with Gasteiger partial charge in [0.15, 0.2) is 0 Å². The SMILES string of the molecule is Cc1cccc(CNC(c2cccs2)c2cccs2)c1. The molecule has 0 spiro atoms. The molecule has 0 saturated heterocycles. The number of aryl methyl sites for hydroxylation is 1. The quantitative estimate of drug-likeness (QED) is 0.699. The third kappa shape index (κ3) is 3.18. The van der Waals surface area contributed by atoms with E-state index in [4.69, 9.17) is 0 Å². The topological polar surface area (TPSA) is 12.0 Å². The molecule has 0 bridgehead atoms. The lowest BCUT2D eigenvalue weighted by molar-refractivity contribution is 0.621. The van der Waals surface area contributed by atoms with Gasteiger partial charge < -0.3 is 5.32 Å². The van der Waals surface area contributed by atoms with E-state index >= 15 is 0 Å². The highest BCUT2D eigenvalue weighted by molar-refractivity contribution is 7.11. The zero-order chi connectivity index (χ0) is 13.8. The van der Waals surface area contributed by atoms with Crippen molar-refractivity contribution in [2.45, 2.75) is 19.5 Å². The van der Waals surface area contributed by atoms with Gasteiger partial charge in [0.25, 0.3) is 0 Å². The summed E-state index contributed by atoms with van der Waals surface area (Å²) in [4.78, 5) is 2.75. The van der Waals surface area contributed by atoms with Crippen LogP contribution in [0, 0.1) is 6.92 Å². The molecule has 3 aromatic rings. The van der Waals surface area contributed by atoms with Crippen molar-refractivity contribution >= 4 is 22.7 Å². The highest BCUT2D eigenvalue weighted by Crippen LogP contribution is 2.29. The molecule has 102 valence electrons. The fourth-order valence-corrected chi connectivity index (χ4v) is 4.00. The molecule has 0 fully saturated rings. The first-order valence-electron chi connectivity index (χ1n) is 6.68. The number of nitrogens with one attached hydrogen (secondary N) is 1. The van der Waals surface area contributed by atoms with Gasteiger partial charge in [0.05, 0.1) is 6.04 Å². The Bertz CT molecular complexity index is 607. The van der Waals surface area contributed by atoms with E-state index in [1.54, 1.807) is 0 Å². The van der Waals surface area contributed by atoms with Crippen molar-refractivity contribution in [3.63, 3.8) is 0 Å². The molecule has 0 atom stereocenters. The maximum Gasteiger partial charge on any atom is 0.0767 e. The van der Waals surface area contributed by atoms with Gasteiger partial charge in [-0.25, -0.2) is 0 Å². The Morgan fingerprint density at radius 3 is 2.20 bits per heavy atom. The van der Waals surface area contributed by atoms with E-state index in [-0.39, 0.29) is 0 Å². The van der Waals surface area contributed by atoms with Crippen molar-refractivity contribution in [1.82, 2.24) is 5.32 Å². The molecule has 0 saturated carbocycles. The second kappa shape index (κ2) is 6.35. The third-order valence-electron chi connectivity index (χ3n) is 3.25. The predicted octanol–water partition coefficient (Wildman–Crippen LogP) is 5.00. The molecule has 3 rings (SSSR count). The summed E-state index contributed by atoms with van der Waals surface area (Å²) in [6.45, 7) is 3.03. The van der Waals surface area contributed by atoms with Crippen LogP contribution in [0.1, 0.15) is 26.9 Å². The zero-order valence-electron chi connectivity index (χ0n) is 11.4. The Morgan fingerprint density at radius 2 is 1.65 bits per heavy atom. The van der Waals surface area contributed by atoms with Crippen LogP contribution in [0.4, 0.5) is 0 Å². The summed E-state index contributed by atoms with van der Waals surface area (Å²) in [5, 5.41) is 7.98. The molecule has 0 radical (unpaired) electrons. The molecule has 0 aliphatic carbocycles. The van der Waals surface area contributed by atoms with Gasteiger partial charge in [0, 0.05) is 16.3 Å².